The number of fused-ring (bicyclic) bond motifs is 6. The lowest BCUT2D eigenvalue weighted by Gasteiger charge is -2.41. The maximum absolute atomic E-state index is 2.91. The highest BCUT2D eigenvalue weighted by molar-refractivity contribution is 5.53. The lowest BCUT2D eigenvalue weighted by Crippen LogP contribution is -2.46. The van der Waals surface area contributed by atoms with E-state index in [1.807, 2.05) is 0 Å². The predicted molar refractivity (Wildman–Crippen MR) is 208 cm³/mol. The van der Waals surface area contributed by atoms with E-state index >= 15 is 0 Å². The van der Waals surface area contributed by atoms with Crippen LogP contribution in [0.4, 0.5) is 0 Å². The van der Waals surface area contributed by atoms with Gasteiger partial charge < -0.3 is 0 Å². The third-order valence-electron chi connectivity index (χ3n) is 13.5. The number of allylic oxidation sites excluding steroid dienone is 17. The van der Waals surface area contributed by atoms with E-state index in [1.165, 1.54) is 36.0 Å². The van der Waals surface area contributed by atoms with Crippen LogP contribution in [0, 0.1) is 35.5 Å². The molecule has 0 saturated carbocycles. The second-order valence-electron chi connectivity index (χ2n) is 16.0. The van der Waals surface area contributed by atoms with Crippen molar-refractivity contribution in [3.8, 4) is 0 Å². The van der Waals surface area contributed by atoms with Gasteiger partial charge in [-0.25, -0.2) is 0 Å². The summed E-state index contributed by atoms with van der Waals surface area (Å²) in [4.78, 5) is 5.78. The van der Waals surface area contributed by atoms with Crippen molar-refractivity contribution in [3.05, 3.63) is 180 Å². The molecule has 10 rings (SSSR count). The molecule has 0 amide bonds. The van der Waals surface area contributed by atoms with E-state index in [0.29, 0.717) is 71.8 Å². The fraction of sp³-hybridized carbons (Fsp3) is 0.375. The molecule has 2 aliphatic heterocycles. The fourth-order valence-corrected chi connectivity index (χ4v) is 11.2. The van der Waals surface area contributed by atoms with E-state index in [1.54, 1.807) is 5.57 Å². The van der Waals surface area contributed by atoms with Crippen LogP contribution in [0.1, 0.15) is 38.5 Å². The summed E-state index contributed by atoms with van der Waals surface area (Å²) in [5, 5.41) is 0. The highest BCUT2D eigenvalue weighted by Crippen LogP contribution is 2.51. The normalized spacial score (nSPS) is 42.2. The summed E-state index contributed by atoms with van der Waals surface area (Å²) in [5.41, 5.74) is 6.08. The van der Waals surface area contributed by atoms with Crippen molar-refractivity contribution >= 4 is 0 Å². The van der Waals surface area contributed by atoms with Crippen molar-refractivity contribution in [1.82, 2.24) is 9.80 Å². The molecule has 0 bridgehead atoms. The third-order valence-corrected chi connectivity index (χ3v) is 13.5. The average molecular weight is 655 g/mol. The minimum atomic E-state index is 0.360. The van der Waals surface area contributed by atoms with Crippen LogP contribution in [0.25, 0.3) is 0 Å². The van der Waals surface area contributed by atoms with Gasteiger partial charge in [0.05, 0.1) is 0 Å². The van der Waals surface area contributed by atoms with Gasteiger partial charge in [0.25, 0.3) is 0 Å². The molecule has 50 heavy (non-hydrogen) atoms. The maximum atomic E-state index is 2.91. The van der Waals surface area contributed by atoms with Crippen LogP contribution in [0.3, 0.4) is 0 Å². The molecule has 2 heteroatoms. The molecule has 0 spiro atoms. The summed E-state index contributed by atoms with van der Waals surface area (Å²) in [6.45, 7) is 0. The Hall–Kier alpha value is -3.98. The van der Waals surface area contributed by atoms with Crippen molar-refractivity contribution in [3.63, 3.8) is 0 Å². The molecular formula is C48H50N2. The zero-order valence-electron chi connectivity index (χ0n) is 29.1. The van der Waals surface area contributed by atoms with Crippen LogP contribution in [0.2, 0.25) is 0 Å². The van der Waals surface area contributed by atoms with E-state index in [-0.39, 0.29) is 0 Å². The van der Waals surface area contributed by atoms with Crippen LogP contribution >= 0.6 is 0 Å². The molecule has 2 saturated heterocycles. The molecule has 2 nitrogen and oxygen atoms in total. The topological polar surface area (TPSA) is 6.48 Å². The molecule has 0 radical (unpaired) electrons. The van der Waals surface area contributed by atoms with Gasteiger partial charge >= 0.3 is 0 Å². The van der Waals surface area contributed by atoms with E-state index in [9.17, 15) is 0 Å². The van der Waals surface area contributed by atoms with E-state index < -0.39 is 0 Å². The van der Waals surface area contributed by atoms with Gasteiger partial charge in [-0.1, -0.05) is 164 Å². The lowest BCUT2D eigenvalue weighted by atomic mass is 9.75. The molecule has 0 aromatic heterocycles. The standard InChI is InChI=1S/C48H50N2/c1-3-14-33(15-4-1)35-18-11-20-38(30-35)49-45-26-9-8-23-42(45)44-32-37(28-29-47(44)49)40-24-13-25-43-41-22-7-10-27-46(41)50(48(40)43)39-21-12-19-36(31-39)34-16-5-2-6-17-34/h2-3,5-14,16,18-19,21-30,32-34,38-39,41-48H,1,4,15,17,20,31H2. The molecule has 10 aliphatic rings. The second-order valence-corrected chi connectivity index (χ2v) is 16.0. The lowest BCUT2D eigenvalue weighted by molar-refractivity contribution is 0.182. The first-order valence-corrected chi connectivity index (χ1v) is 19.6. The Balaban J connectivity index is 0.967. The number of nitrogens with zero attached hydrogens (tertiary/aromatic N) is 2. The molecule has 252 valence electrons. The Morgan fingerprint density at radius 2 is 1.30 bits per heavy atom. The second kappa shape index (κ2) is 13.0. The summed E-state index contributed by atoms with van der Waals surface area (Å²) >= 11 is 0. The molecule has 2 fully saturated rings. The van der Waals surface area contributed by atoms with Gasteiger partial charge in [0.15, 0.2) is 0 Å². The molecule has 0 N–H and O–H groups in total. The molecule has 0 aromatic carbocycles. The van der Waals surface area contributed by atoms with Gasteiger partial charge in [-0.05, 0) is 55.2 Å². The Morgan fingerprint density at radius 1 is 0.520 bits per heavy atom. The Bertz CT molecular complexity index is 1850. The summed E-state index contributed by atoms with van der Waals surface area (Å²) < 4.78 is 0. The quantitative estimate of drug-likeness (QED) is 0.273. The minimum Gasteiger partial charge on any atom is -0.283 e. The van der Waals surface area contributed by atoms with E-state index in [2.05, 4.69) is 168 Å². The largest absolute Gasteiger partial charge is 0.283 e. The number of likely N-dealkylation sites (tertiary alicyclic amines) is 2. The van der Waals surface area contributed by atoms with Crippen molar-refractivity contribution < 1.29 is 0 Å². The predicted octanol–water partition coefficient (Wildman–Crippen LogP) is 9.80. The molecule has 12 unspecified atom stereocenters. The monoisotopic (exact) mass is 654 g/mol. The first-order chi connectivity index (χ1) is 24.8. The Labute approximate surface area is 299 Å². The van der Waals surface area contributed by atoms with Crippen LogP contribution < -0.4 is 0 Å². The summed E-state index contributed by atoms with van der Waals surface area (Å²) in [6, 6.07) is 2.44. The first-order valence-electron chi connectivity index (χ1n) is 19.6. The van der Waals surface area contributed by atoms with Gasteiger partial charge in [0, 0.05) is 71.8 Å². The van der Waals surface area contributed by atoms with Gasteiger partial charge in [-0.3, -0.25) is 9.80 Å². The SMILES string of the molecule is C1=CCC(C2=CC=CC(N3C4C=CC=CC4C4C=CC=C(C5=CC6C7C=CC=CC7N(C7C=C(C8C=CCCC8)C=CC7)C6C=C5)C43)C2)C=C1. The van der Waals surface area contributed by atoms with Gasteiger partial charge in [0.1, 0.15) is 0 Å². The van der Waals surface area contributed by atoms with E-state index in [4.69, 9.17) is 0 Å². The highest BCUT2D eigenvalue weighted by atomic mass is 15.3. The number of rotatable bonds is 5. The Kier molecular flexibility index (Phi) is 7.99. The Morgan fingerprint density at radius 3 is 2.14 bits per heavy atom. The molecule has 12 atom stereocenters. The zero-order chi connectivity index (χ0) is 33.0. The minimum absolute atomic E-state index is 0.360. The number of hydrogen-bond acceptors (Lipinski definition) is 2. The van der Waals surface area contributed by atoms with Crippen molar-refractivity contribution in [2.45, 2.75) is 74.8 Å². The van der Waals surface area contributed by atoms with Crippen LogP contribution in [0.5, 0.6) is 0 Å². The van der Waals surface area contributed by atoms with Crippen LogP contribution in [-0.2, 0) is 0 Å². The molecule has 8 aliphatic carbocycles. The fourth-order valence-electron chi connectivity index (χ4n) is 11.2. The molecule has 2 heterocycles. The smallest absolute Gasteiger partial charge is 0.0435 e. The summed E-state index contributed by atoms with van der Waals surface area (Å²) in [6.07, 6.45) is 70.3. The van der Waals surface area contributed by atoms with Crippen LogP contribution in [0.15, 0.2) is 180 Å². The van der Waals surface area contributed by atoms with Gasteiger partial charge in [0.2, 0.25) is 0 Å². The first kappa shape index (κ1) is 30.8. The van der Waals surface area contributed by atoms with Gasteiger partial charge in [-0.2, -0.15) is 0 Å². The summed E-state index contributed by atoms with van der Waals surface area (Å²) in [5.74, 6) is 3.05. The van der Waals surface area contributed by atoms with Crippen molar-refractivity contribution in [2.24, 2.45) is 35.5 Å². The molecule has 0 aromatic rings. The zero-order valence-corrected chi connectivity index (χ0v) is 29.1. The van der Waals surface area contributed by atoms with Crippen molar-refractivity contribution in [2.75, 3.05) is 0 Å². The number of hydrogen-bond donors (Lipinski definition) is 0. The summed E-state index contributed by atoms with van der Waals surface area (Å²) in [7, 11) is 0. The van der Waals surface area contributed by atoms with Crippen LogP contribution in [-0.4, -0.2) is 46.1 Å². The van der Waals surface area contributed by atoms with Gasteiger partial charge in [-0.15, -0.1) is 0 Å². The third kappa shape index (κ3) is 5.21. The van der Waals surface area contributed by atoms with E-state index in [0.717, 1.165) is 19.3 Å². The highest BCUT2D eigenvalue weighted by Gasteiger charge is 2.52. The maximum Gasteiger partial charge on any atom is 0.0435 e. The van der Waals surface area contributed by atoms with Crippen molar-refractivity contribution in [1.29, 1.82) is 0 Å². The molecular weight excluding hydrogens is 605 g/mol. The average Bonchev–Trinajstić information content (AvgIpc) is 3.71.